The highest BCUT2D eigenvalue weighted by molar-refractivity contribution is 5.54. The van der Waals surface area contributed by atoms with Crippen LogP contribution in [0.15, 0.2) is 30.3 Å². The summed E-state index contributed by atoms with van der Waals surface area (Å²) in [5.41, 5.74) is 1.26. The zero-order valence-electron chi connectivity index (χ0n) is 12.0. The number of hydrogen-bond acceptors (Lipinski definition) is 3. The summed E-state index contributed by atoms with van der Waals surface area (Å²) in [7, 11) is 0. The normalized spacial score (nSPS) is 18.1. The van der Waals surface area contributed by atoms with Crippen molar-refractivity contribution in [2.45, 2.75) is 38.0 Å². The lowest BCUT2D eigenvalue weighted by Gasteiger charge is -2.35. The van der Waals surface area contributed by atoms with Crippen LogP contribution in [-0.2, 0) is 5.41 Å². The molecule has 1 aliphatic heterocycles. The zero-order chi connectivity index (χ0) is 13.8. The summed E-state index contributed by atoms with van der Waals surface area (Å²) in [4.78, 5) is 4.80. The topological polar surface area (TPSA) is 53.6 Å². The van der Waals surface area contributed by atoms with Crippen LogP contribution in [0.5, 0.6) is 0 Å². The predicted molar refractivity (Wildman–Crippen MR) is 80.5 cm³/mol. The van der Waals surface area contributed by atoms with Gasteiger partial charge in [0, 0.05) is 11.0 Å². The standard InChI is InChI=1S/C16H22N4/c1-2-8-16(9-11-17-12-10-16)15-18-14(19-20-15)13-6-4-3-5-7-13/h3-7,17H,2,8-12H2,1H3,(H,18,19,20). The summed E-state index contributed by atoms with van der Waals surface area (Å²) in [6, 6.07) is 10.2. The summed E-state index contributed by atoms with van der Waals surface area (Å²) in [5, 5.41) is 11.1. The minimum absolute atomic E-state index is 0.181. The van der Waals surface area contributed by atoms with E-state index in [1.807, 2.05) is 18.2 Å². The Balaban J connectivity index is 1.91. The summed E-state index contributed by atoms with van der Waals surface area (Å²) in [6.07, 6.45) is 4.65. The highest BCUT2D eigenvalue weighted by atomic mass is 15.2. The van der Waals surface area contributed by atoms with Crippen LogP contribution < -0.4 is 5.32 Å². The highest BCUT2D eigenvalue weighted by Crippen LogP contribution is 2.36. The van der Waals surface area contributed by atoms with Crippen LogP contribution in [0.2, 0.25) is 0 Å². The Morgan fingerprint density at radius 3 is 2.60 bits per heavy atom. The second kappa shape index (κ2) is 5.75. The third kappa shape index (κ3) is 2.48. The van der Waals surface area contributed by atoms with E-state index in [9.17, 15) is 0 Å². The van der Waals surface area contributed by atoms with E-state index < -0.39 is 0 Å². The van der Waals surface area contributed by atoms with E-state index in [4.69, 9.17) is 4.98 Å². The van der Waals surface area contributed by atoms with Gasteiger partial charge in [0.1, 0.15) is 5.82 Å². The van der Waals surface area contributed by atoms with Gasteiger partial charge in [0.05, 0.1) is 0 Å². The molecule has 0 spiro atoms. The fourth-order valence-electron chi connectivity index (χ4n) is 3.20. The predicted octanol–water partition coefficient (Wildman–Crippen LogP) is 2.89. The lowest BCUT2D eigenvalue weighted by molar-refractivity contribution is 0.271. The molecule has 106 valence electrons. The molecule has 1 aliphatic rings. The maximum absolute atomic E-state index is 4.80. The van der Waals surface area contributed by atoms with Crippen molar-refractivity contribution in [1.29, 1.82) is 0 Å². The first-order valence-corrected chi connectivity index (χ1v) is 7.53. The highest BCUT2D eigenvalue weighted by Gasteiger charge is 2.36. The van der Waals surface area contributed by atoms with E-state index in [2.05, 4.69) is 34.6 Å². The summed E-state index contributed by atoms with van der Waals surface area (Å²) >= 11 is 0. The SMILES string of the molecule is CCCC1(c2nc(-c3ccccc3)n[nH]2)CCNCC1. The van der Waals surface area contributed by atoms with Gasteiger partial charge in [0.15, 0.2) is 5.82 Å². The van der Waals surface area contributed by atoms with Crippen LogP contribution in [0.3, 0.4) is 0 Å². The molecule has 0 amide bonds. The van der Waals surface area contributed by atoms with Gasteiger partial charge >= 0.3 is 0 Å². The Morgan fingerprint density at radius 2 is 1.90 bits per heavy atom. The first-order chi connectivity index (χ1) is 9.84. The minimum atomic E-state index is 0.181. The monoisotopic (exact) mass is 270 g/mol. The molecule has 2 aromatic rings. The van der Waals surface area contributed by atoms with Crippen molar-refractivity contribution in [2.24, 2.45) is 0 Å². The number of nitrogens with zero attached hydrogens (tertiary/aromatic N) is 2. The fraction of sp³-hybridized carbons (Fsp3) is 0.500. The van der Waals surface area contributed by atoms with E-state index >= 15 is 0 Å². The van der Waals surface area contributed by atoms with Crippen LogP contribution in [0.1, 0.15) is 38.4 Å². The quantitative estimate of drug-likeness (QED) is 0.898. The lowest BCUT2D eigenvalue weighted by atomic mass is 9.75. The number of aromatic nitrogens is 3. The van der Waals surface area contributed by atoms with E-state index in [1.54, 1.807) is 0 Å². The first-order valence-electron chi connectivity index (χ1n) is 7.53. The molecule has 0 unspecified atom stereocenters. The van der Waals surface area contributed by atoms with Gasteiger partial charge in [-0.15, -0.1) is 0 Å². The van der Waals surface area contributed by atoms with E-state index in [0.717, 1.165) is 43.1 Å². The molecule has 0 bridgehead atoms. The average molecular weight is 270 g/mol. The van der Waals surface area contributed by atoms with Gasteiger partial charge in [-0.3, -0.25) is 5.10 Å². The van der Waals surface area contributed by atoms with Crippen LogP contribution in [0.25, 0.3) is 11.4 Å². The second-order valence-electron chi connectivity index (χ2n) is 5.65. The Kier molecular flexibility index (Phi) is 3.83. The summed E-state index contributed by atoms with van der Waals surface area (Å²) < 4.78 is 0. The summed E-state index contributed by atoms with van der Waals surface area (Å²) in [5.74, 6) is 1.88. The van der Waals surface area contributed by atoms with Gasteiger partial charge in [0.2, 0.25) is 0 Å². The van der Waals surface area contributed by atoms with Crippen molar-refractivity contribution in [3.05, 3.63) is 36.2 Å². The third-order valence-electron chi connectivity index (χ3n) is 4.31. The van der Waals surface area contributed by atoms with Gasteiger partial charge in [-0.1, -0.05) is 43.7 Å². The van der Waals surface area contributed by atoms with Crippen molar-refractivity contribution >= 4 is 0 Å². The number of rotatable bonds is 4. The number of H-pyrrole nitrogens is 1. The minimum Gasteiger partial charge on any atom is -0.317 e. The Morgan fingerprint density at radius 1 is 1.15 bits per heavy atom. The molecular formula is C16H22N4. The van der Waals surface area contributed by atoms with Crippen molar-refractivity contribution in [3.63, 3.8) is 0 Å². The molecule has 3 rings (SSSR count). The average Bonchev–Trinajstić information content (AvgIpc) is 3.00. The zero-order valence-corrected chi connectivity index (χ0v) is 12.0. The molecule has 4 heteroatoms. The van der Waals surface area contributed by atoms with Gasteiger partial charge in [-0.25, -0.2) is 4.98 Å². The van der Waals surface area contributed by atoms with Gasteiger partial charge in [-0.05, 0) is 32.4 Å². The van der Waals surface area contributed by atoms with Gasteiger partial charge < -0.3 is 5.32 Å². The Hall–Kier alpha value is -1.68. The van der Waals surface area contributed by atoms with Gasteiger partial charge in [-0.2, -0.15) is 5.10 Å². The fourth-order valence-corrected chi connectivity index (χ4v) is 3.20. The number of piperidine rings is 1. The third-order valence-corrected chi connectivity index (χ3v) is 4.31. The van der Waals surface area contributed by atoms with Crippen LogP contribution >= 0.6 is 0 Å². The molecule has 1 aromatic carbocycles. The Labute approximate surface area is 120 Å². The van der Waals surface area contributed by atoms with Crippen molar-refractivity contribution < 1.29 is 0 Å². The molecule has 1 fully saturated rings. The van der Waals surface area contributed by atoms with E-state index in [-0.39, 0.29) is 5.41 Å². The summed E-state index contributed by atoms with van der Waals surface area (Å²) in [6.45, 7) is 4.39. The number of aromatic amines is 1. The molecule has 4 nitrogen and oxygen atoms in total. The van der Waals surface area contributed by atoms with Crippen LogP contribution in [0, 0.1) is 0 Å². The first kappa shape index (κ1) is 13.3. The van der Waals surface area contributed by atoms with Crippen molar-refractivity contribution in [1.82, 2.24) is 20.5 Å². The maximum atomic E-state index is 4.80. The second-order valence-corrected chi connectivity index (χ2v) is 5.65. The number of hydrogen-bond donors (Lipinski definition) is 2. The molecule has 0 radical (unpaired) electrons. The van der Waals surface area contributed by atoms with Crippen molar-refractivity contribution in [3.8, 4) is 11.4 Å². The smallest absolute Gasteiger partial charge is 0.181 e. The molecule has 0 saturated carbocycles. The molecule has 1 saturated heterocycles. The molecule has 1 aromatic heterocycles. The molecule has 2 N–H and O–H groups in total. The van der Waals surface area contributed by atoms with Crippen LogP contribution in [-0.4, -0.2) is 28.3 Å². The molecule has 0 atom stereocenters. The largest absolute Gasteiger partial charge is 0.317 e. The number of benzene rings is 1. The lowest BCUT2D eigenvalue weighted by Crippen LogP contribution is -2.40. The molecule has 0 aliphatic carbocycles. The van der Waals surface area contributed by atoms with Crippen molar-refractivity contribution in [2.75, 3.05) is 13.1 Å². The molecular weight excluding hydrogens is 248 g/mol. The van der Waals surface area contributed by atoms with Gasteiger partial charge in [0.25, 0.3) is 0 Å². The van der Waals surface area contributed by atoms with E-state index in [1.165, 1.54) is 12.8 Å². The molecule has 2 heterocycles. The maximum Gasteiger partial charge on any atom is 0.181 e. The number of nitrogens with one attached hydrogen (secondary N) is 2. The molecule has 20 heavy (non-hydrogen) atoms. The van der Waals surface area contributed by atoms with Crippen LogP contribution in [0.4, 0.5) is 0 Å². The van der Waals surface area contributed by atoms with E-state index in [0.29, 0.717) is 0 Å². The Bertz CT molecular complexity index is 535.